The fraction of sp³-hybridized carbons (Fsp3) is 0. The van der Waals surface area contributed by atoms with Gasteiger partial charge in [0.05, 0.1) is 23.4 Å². The Morgan fingerprint density at radius 2 is 1.88 bits per heavy atom. The van der Waals surface area contributed by atoms with Gasteiger partial charge in [0.25, 0.3) is 0 Å². The fourth-order valence-corrected chi connectivity index (χ4v) is 5.30. The predicted octanol–water partition coefficient (Wildman–Crippen LogP) is 7.10. The monoisotopic (exact) mass is 624 g/mol. The van der Waals surface area contributed by atoms with Gasteiger partial charge >= 0.3 is 0 Å². The Labute approximate surface area is 191 Å². The summed E-state index contributed by atoms with van der Waals surface area (Å²) in [7, 11) is 0. The number of aromatic nitrogens is 1. The molecule has 2 aromatic carbocycles. The molecule has 0 aliphatic heterocycles. The fourth-order valence-electron chi connectivity index (χ4n) is 2.20. The van der Waals surface area contributed by atoms with E-state index >= 15 is 0 Å². The van der Waals surface area contributed by atoms with E-state index in [0.717, 1.165) is 18.3 Å². The van der Waals surface area contributed by atoms with Crippen LogP contribution in [-0.2, 0) is 0 Å². The van der Waals surface area contributed by atoms with Gasteiger partial charge in [-0.05, 0) is 87.2 Å². The number of phenols is 1. The van der Waals surface area contributed by atoms with Crippen molar-refractivity contribution in [3.05, 3.63) is 63.5 Å². The average molecular weight is 625 g/mol. The van der Waals surface area contributed by atoms with Crippen LogP contribution in [0.25, 0.3) is 22.9 Å². The van der Waals surface area contributed by atoms with E-state index in [2.05, 4.69) is 56.2 Å². The smallest absolute Gasteiger partial charge is 0.142 e. The van der Waals surface area contributed by atoms with Crippen LogP contribution < -0.4 is 0 Å². The Morgan fingerprint density at radius 1 is 1.19 bits per heavy atom. The molecule has 3 nitrogen and oxygen atoms in total. The number of halogens is 4. The summed E-state index contributed by atoms with van der Waals surface area (Å²) in [5.74, 6) is 0.246. The van der Waals surface area contributed by atoms with Gasteiger partial charge in [0.15, 0.2) is 0 Å². The first-order valence-electron chi connectivity index (χ1n) is 7.10. The van der Waals surface area contributed by atoms with Crippen molar-refractivity contribution in [2.24, 2.45) is 0 Å². The molecule has 0 aliphatic rings. The normalized spacial score (nSPS) is 11.4. The van der Waals surface area contributed by atoms with E-state index in [1.807, 2.05) is 23.6 Å². The summed E-state index contributed by atoms with van der Waals surface area (Å²) in [6.45, 7) is 0. The van der Waals surface area contributed by atoms with Crippen LogP contribution in [0.2, 0.25) is 10.0 Å². The van der Waals surface area contributed by atoms with Crippen LogP contribution in [0.4, 0.5) is 0 Å². The first kappa shape index (κ1) is 19.9. The third-order valence-electron chi connectivity index (χ3n) is 3.41. The molecule has 130 valence electrons. The highest BCUT2D eigenvalue weighted by atomic mass is 127. The molecule has 0 saturated heterocycles. The first-order valence-corrected chi connectivity index (χ1v) is 10.9. The molecular weight excluding hydrogens is 617 g/mol. The molecule has 3 aromatic rings. The number of hydrogen-bond acceptors (Lipinski definition) is 4. The number of thiazole rings is 1. The molecule has 26 heavy (non-hydrogen) atoms. The highest BCUT2D eigenvalue weighted by Gasteiger charge is 2.13. The lowest BCUT2D eigenvalue weighted by molar-refractivity contribution is 0.467. The van der Waals surface area contributed by atoms with Crippen LogP contribution in [0, 0.1) is 18.5 Å². The van der Waals surface area contributed by atoms with Gasteiger partial charge in [-0.25, -0.2) is 4.98 Å². The summed E-state index contributed by atoms with van der Waals surface area (Å²) < 4.78 is 1.46. The van der Waals surface area contributed by atoms with Crippen molar-refractivity contribution in [2.75, 3.05) is 0 Å². The number of nitriles is 1. The van der Waals surface area contributed by atoms with Crippen LogP contribution in [0.15, 0.2) is 35.7 Å². The molecule has 0 unspecified atom stereocenters. The van der Waals surface area contributed by atoms with Crippen LogP contribution in [0.3, 0.4) is 0 Å². The van der Waals surface area contributed by atoms with E-state index in [9.17, 15) is 10.4 Å². The maximum atomic E-state index is 9.88. The molecule has 0 bridgehead atoms. The number of rotatable bonds is 3. The van der Waals surface area contributed by atoms with E-state index in [1.165, 1.54) is 11.3 Å². The van der Waals surface area contributed by atoms with Crippen molar-refractivity contribution in [3.63, 3.8) is 0 Å². The molecule has 0 radical (unpaired) electrons. The lowest BCUT2D eigenvalue weighted by Crippen LogP contribution is -1.86. The molecule has 0 atom stereocenters. The highest BCUT2D eigenvalue weighted by molar-refractivity contribution is 14.1. The lowest BCUT2D eigenvalue weighted by atomic mass is 10.1. The summed E-state index contributed by atoms with van der Waals surface area (Å²) in [5, 5.41) is 23.0. The summed E-state index contributed by atoms with van der Waals surface area (Å²) in [4.78, 5) is 4.55. The average Bonchev–Trinajstić information content (AvgIpc) is 3.07. The maximum Gasteiger partial charge on any atom is 0.142 e. The SMILES string of the molecule is N#CC(=Cc1cc(I)c(O)c(I)c1)c1nc(-c2ccc(Cl)cc2Cl)cs1. The van der Waals surface area contributed by atoms with Crippen LogP contribution in [0.1, 0.15) is 10.6 Å². The molecular formula is C18H8Cl2I2N2OS. The molecule has 1 heterocycles. The zero-order valence-electron chi connectivity index (χ0n) is 12.8. The van der Waals surface area contributed by atoms with E-state index in [4.69, 9.17) is 23.2 Å². The molecule has 0 spiro atoms. The summed E-state index contributed by atoms with van der Waals surface area (Å²) in [5.41, 5.74) is 2.74. The Morgan fingerprint density at radius 3 is 2.50 bits per heavy atom. The second-order valence-electron chi connectivity index (χ2n) is 5.17. The largest absolute Gasteiger partial charge is 0.506 e. The number of hydrogen-bond donors (Lipinski definition) is 1. The zero-order chi connectivity index (χ0) is 18.8. The Kier molecular flexibility index (Phi) is 6.45. The Hall–Kier alpha value is -0.860. The van der Waals surface area contributed by atoms with Gasteiger partial charge in [0.1, 0.15) is 16.8 Å². The van der Waals surface area contributed by atoms with Crippen LogP contribution in [0.5, 0.6) is 5.75 Å². The first-order chi connectivity index (χ1) is 12.4. The quantitative estimate of drug-likeness (QED) is 0.250. The van der Waals surface area contributed by atoms with E-state index in [-0.39, 0.29) is 5.75 Å². The Bertz CT molecular complexity index is 1050. The number of nitrogens with zero attached hydrogens (tertiary/aromatic N) is 2. The molecule has 0 aliphatic carbocycles. The van der Waals surface area contributed by atoms with Crippen molar-refractivity contribution < 1.29 is 5.11 Å². The van der Waals surface area contributed by atoms with Crippen LogP contribution >= 0.6 is 79.7 Å². The molecule has 1 aromatic heterocycles. The standard InChI is InChI=1S/C18H8Cl2I2N2OS/c19-11-1-2-12(13(20)6-11)16-8-26-18(24-16)10(7-23)3-9-4-14(21)17(25)15(22)5-9/h1-6,8,25H. The maximum absolute atomic E-state index is 9.88. The molecule has 1 N–H and O–H groups in total. The molecule has 0 amide bonds. The van der Waals surface area contributed by atoms with E-state index < -0.39 is 0 Å². The summed E-state index contributed by atoms with van der Waals surface area (Å²) >= 11 is 17.7. The zero-order valence-corrected chi connectivity index (χ0v) is 19.4. The molecule has 8 heteroatoms. The Balaban J connectivity index is 2.00. The number of phenolic OH excluding ortho intramolecular Hbond substituents is 1. The van der Waals surface area contributed by atoms with Gasteiger partial charge in [0.2, 0.25) is 0 Å². The topological polar surface area (TPSA) is 56.9 Å². The van der Waals surface area contributed by atoms with Gasteiger partial charge in [-0.1, -0.05) is 23.2 Å². The molecule has 0 saturated carbocycles. The van der Waals surface area contributed by atoms with Gasteiger partial charge in [-0.3, -0.25) is 0 Å². The summed E-state index contributed by atoms with van der Waals surface area (Å²) in [6.07, 6.45) is 1.76. The van der Waals surface area contributed by atoms with Crippen molar-refractivity contribution in [1.82, 2.24) is 4.98 Å². The minimum Gasteiger partial charge on any atom is -0.506 e. The molecule has 0 fully saturated rings. The third kappa shape index (κ3) is 4.34. The van der Waals surface area contributed by atoms with Crippen molar-refractivity contribution in [2.45, 2.75) is 0 Å². The van der Waals surface area contributed by atoms with Gasteiger partial charge in [-0.15, -0.1) is 11.3 Å². The summed E-state index contributed by atoms with van der Waals surface area (Å²) in [6, 6.07) is 11.1. The van der Waals surface area contributed by atoms with Gasteiger partial charge in [0, 0.05) is 16.0 Å². The third-order valence-corrected chi connectivity index (χ3v) is 6.48. The molecule has 3 rings (SSSR count). The van der Waals surface area contributed by atoms with Gasteiger partial charge in [-0.2, -0.15) is 5.26 Å². The second kappa shape index (κ2) is 8.44. The second-order valence-corrected chi connectivity index (χ2v) is 9.19. The van der Waals surface area contributed by atoms with E-state index in [0.29, 0.717) is 26.3 Å². The van der Waals surface area contributed by atoms with E-state index in [1.54, 1.807) is 18.2 Å². The number of allylic oxidation sites excluding steroid dienone is 1. The predicted molar refractivity (Wildman–Crippen MR) is 125 cm³/mol. The van der Waals surface area contributed by atoms with Crippen LogP contribution in [-0.4, -0.2) is 10.1 Å². The van der Waals surface area contributed by atoms with Crippen molar-refractivity contribution in [3.8, 4) is 23.1 Å². The van der Waals surface area contributed by atoms with Crippen molar-refractivity contribution in [1.29, 1.82) is 5.26 Å². The minimum atomic E-state index is 0.246. The van der Waals surface area contributed by atoms with Crippen molar-refractivity contribution >= 4 is 91.4 Å². The number of benzene rings is 2. The highest BCUT2D eigenvalue weighted by Crippen LogP contribution is 2.34. The van der Waals surface area contributed by atoms with Gasteiger partial charge < -0.3 is 5.11 Å². The number of aromatic hydroxyl groups is 1. The minimum absolute atomic E-state index is 0.246. The lowest BCUT2D eigenvalue weighted by Gasteiger charge is -2.03.